The molecule has 0 bridgehead atoms. The second-order valence-corrected chi connectivity index (χ2v) is 6.43. The molecule has 0 spiro atoms. The summed E-state index contributed by atoms with van der Waals surface area (Å²) >= 11 is 1.08. The second-order valence-electron chi connectivity index (χ2n) is 5.55. The van der Waals surface area contributed by atoms with Crippen molar-refractivity contribution in [3.63, 3.8) is 0 Å². The number of aromatic hydroxyl groups is 1. The van der Waals surface area contributed by atoms with Gasteiger partial charge in [0.1, 0.15) is 16.4 Å². The van der Waals surface area contributed by atoms with Crippen molar-refractivity contribution in [1.29, 1.82) is 0 Å². The first-order valence-corrected chi connectivity index (χ1v) is 8.22. The van der Waals surface area contributed by atoms with E-state index in [2.05, 4.69) is 10.6 Å². The Morgan fingerprint density at radius 1 is 1.04 bits per heavy atom. The lowest BCUT2D eigenvalue weighted by Gasteiger charge is -2.14. The summed E-state index contributed by atoms with van der Waals surface area (Å²) in [5.74, 6) is -0.600. The van der Waals surface area contributed by atoms with Crippen molar-refractivity contribution < 1.29 is 9.90 Å². The fraction of sp³-hybridized carbons (Fsp3) is 0.118. The van der Waals surface area contributed by atoms with E-state index >= 15 is 0 Å². The van der Waals surface area contributed by atoms with Crippen LogP contribution in [0.2, 0.25) is 0 Å². The minimum atomic E-state index is -0.674. The first-order valence-electron chi connectivity index (χ1n) is 7.34. The molecule has 3 aromatic rings. The molecule has 0 aliphatic rings. The molecule has 0 unspecified atom stereocenters. The molecular formula is C17H15N3O4S. The first-order chi connectivity index (χ1) is 11.9. The average Bonchev–Trinajstić information content (AvgIpc) is 2.98. The monoisotopic (exact) mass is 357 g/mol. The van der Waals surface area contributed by atoms with Gasteiger partial charge < -0.3 is 20.6 Å². The van der Waals surface area contributed by atoms with E-state index in [1.165, 1.54) is 10.3 Å². The van der Waals surface area contributed by atoms with Crippen molar-refractivity contribution in [1.82, 2.24) is 4.90 Å². The number of hydrogen-bond donors (Lipinski definition) is 3. The number of benzene rings is 1. The van der Waals surface area contributed by atoms with Crippen LogP contribution in [0, 0.1) is 0 Å². The van der Waals surface area contributed by atoms with Crippen LogP contribution >= 0.6 is 11.3 Å². The normalized spacial score (nSPS) is 10.6. The van der Waals surface area contributed by atoms with Gasteiger partial charge in [-0.05, 0) is 12.1 Å². The topological polar surface area (TPSA) is 98.7 Å². The van der Waals surface area contributed by atoms with Gasteiger partial charge in [0.2, 0.25) is 0 Å². The molecule has 8 heteroatoms. The maximum atomic E-state index is 12.0. The largest absolute Gasteiger partial charge is 0.504 e. The number of nitrogens with one attached hydrogen (secondary N) is 2. The number of amides is 1. The van der Waals surface area contributed by atoms with Gasteiger partial charge in [-0.15, -0.1) is 11.3 Å². The molecule has 1 aromatic heterocycles. The van der Waals surface area contributed by atoms with E-state index in [9.17, 15) is 19.5 Å². The minimum absolute atomic E-state index is 0.0647. The van der Waals surface area contributed by atoms with Crippen LogP contribution in [0.3, 0.4) is 0 Å². The van der Waals surface area contributed by atoms with Gasteiger partial charge in [0, 0.05) is 25.2 Å². The summed E-state index contributed by atoms with van der Waals surface area (Å²) in [7, 11) is 3.15. The highest BCUT2D eigenvalue weighted by Gasteiger charge is 2.25. The third kappa shape index (κ3) is 2.99. The summed E-state index contributed by atoms with van der Waals surface area (Å²) in [6, 6.07) is 8.95. The summed E-state index contributed by atoms with van der Waals surface area (Å²) in [6.45, 7) is 0. The molecule has 25 heavy (non-hydrogen) atoms. The molecule has 0 saturated carbocycles. The molecule has 128 valence electrons. The number of hydrogen-bond acceptors (Lipinski definition) is 7. The van der Waals surface area contributed by atoms with Crippen LogP contribution in [0.25, 0.3) is 0 Å². The molecule has 2 aromatic carbocycles. The highest BCUT2D eigenvalue weighted by atomic mass is 32.1. The lowest BCUT2D eigenvalue weighted by Crippen LogP contribution is -2.35. The Morgan fingerprint density at radius 3 is 2.24 bits per heavy atom. The molecule has 0 atom stereocenters. The number of para-hydroxylation sites is 1. The van der Waals surface area contributed by atoms with Gasteiger partial charge >= 0.3 is 0 Å². The van der Waals surface area contributed by atoms with Crippen LogP contribution in [0.4, 0.5) is 22.1 Å². The summed E-state index contributed by atoms with van der Waals surface area (Å²) in [5, 5.41) is 17.6. The van der Waals surface area contributed by atoms with Gasteiger partial charge in [0.15, 0.2) is 5.75 Å². The van der Waals surface area contributed by atoms with E-state index in [1.54, 1.807) is 38.4 Å². The Labute approximate surface area is 146 Å². The zero-order valence-electron chi connectivity index (χ0n) is 13.5. The minimum Gasteiger partial charge on any atom is -0.504 e. The standard InChI is InChI=1S/C17H15N3O4S/c1-20(2)17(24)10-8-25-16(13(10)21)19-12-11(14(22)15(12)23)18-9-6-4-3-5-7-9/h3-8,18-19,21H,1-2H3. The number of carbonyl (C=O) groups excluding carboxylic acids is 1. The zero-order valence-corrected chi connectivity index (χ0v) is 14.3. The third-order valence-corrected chi connectivity index (χ3v) is 4.48. The highest BCUT2D eigenvalue weighted by molar-refractivity contribution is 7.15. The maximum Gasteiger partial charge on any atom is 0.258 e. The first kappa shape index (κ1) is 16.7. The van der Waals surface area contributed by atoms with E-state index in [4.69, 9.17) is 0 Å². The summed E-state index contributed by atoms with van der Waals surface area (Å²) < 4.78 is 0. The van der Waals surface area contributed by atoms with Crippen LogP contribution in [-0.2, 0) is 0 Å². The molecule has 0 saturated heterocycles. The number of anilines is 4. The van der Waals surface area contributed by atoms with Crippen molar-refractivity contribution in [2.45, 2.75) is 0 Å². The van der Waals surface area contributed by atoms with Gasteiger partial charge in [-0.2, -0.15) is 0 Å². The Bertz CT molecular complexity index is 1000. The van der Waals surface area contributed by atoms with Crippen LogP contribution < -0.4 is 21.5 Å². The summed E-state index contributed by atoms with van der Waals surface area (Å²) in [5.41, 5.74) is -0.316. The van der Waals surface area contributed by atoms with E-state index in [0.717, 1.165) is 11.3 Å². The smallest absolute Gasteiger partial charge is 0.258 e. The Morgan fingerprint density at radius 2 is 1.64 bits per heavy atom. The second kappa shape index (κ2) is 6.40. The van der Waals surface area contributed by atoms with E-state index in [0.29, 0.717) is 5.69 Å². The highest BCUT2D eigenvalue weighted by Crippen LogP contribution is 2.38. The molecule has 0 fully saturated rings. The van der Waals surface area contributed by atoms with Crippen molar-refractivity contribution in [3.8, 4) is 5.75 Å². The van der Waals surface area contributed by atoms with Gasteiger partial charge in [0.05, 0.1) is 5.56 Å². The lowest BCUT2D eigenvalue weighted by molar-refractivity contribution is 0.0825. The molecule has 3 N–H and O–H groups in total. The van der Waals surface area contributed by atoms with E-state index in [-0.39, 0.29) is 33.6 Å². The fourth-order valence-electron chi connectivity index (χ4n) is 2.24. The predicted octanol–water partition coefficient (Wildman–Crippen LogP) is 2.24. The van der Waals surface area contributed by atoms with Gasteiger partial charge in [-0.1, -0.05) is 18.2 Å². The molecule has 3 rings (SSSR count). The number of carbonyl (C=O) groups is 1. The predicted molar refractivity (Wildman–Crippen MR) is 98.4 cm³/mol. The SMILES string of the molecule is CN(C)C(=O)c1csc(Nc2c(Nc3ccccc3)c(=O)c2=O)c1O. The summed E-state index contributed by atoms with van der Waals surface area (Å²) in [6.07, 6.45) is 0. The van der Waals surface area contributed by atoms with Crippen LogP contribution in [0.1, 0.15) is 10.4 Å². The maximum absolute atomic E-state index is 12.0. The molecular weight excluding hydrogens is 342 g/mol. The molecule has 7 nitrogen and oxygen atoms in total. The molecule has 0 radical (unpaired) electrons. The number of rotatable bonds is 5. The van der Waals surface area contributed by atoms with Crippen LogP contribution in [0.5, 0.6) is 5.75 Å². The Balaban J connectivity index is 1.88. The van der Waals surface area contributed by atoms with Crippen molar-refractivity contribution in [3.05, 3.63) is 61.7 Å². The zero-order chi connectivity index (χ0) is 18.1. The molecule has 0 aliphatic carbocycles. The Hall–Kier alpha value is -3.13. The average molecular weight is 357 g/mol. The molecule has 0 aliphatic heterocycles. The summed E-state index contributed by atoms with van der Waals surface area (Å²) in [4.78, 5) is 37.0. The van der Waals surface area contributed by atoms with Gasteiger partial charge in [-0.25, -0.2) is 0 Å². The Kier molecular flexibility index (Phi) is 4.28. The molecule has 1 heterocycles. The van der Waals surface area contributed by atoms with E-state index < -0.39 is 10.9 Å². The molecule has 1 amide bonds. The van der Waals surface area contributed by atoms with Crippen LogP contribution in [-0.4, -0.2) is 30.0 Å². The van der Waals surface area contributed by atoms with Crippen molar-refractivity contribution in [2.75, 3.05) is 24.7 Å². The van der Waals surface area contributed by atoms with Crippen molar-refractivity contribution in [2.24, 2.45) is 0 Å². The number of nitrogens with zero attached hydrogens (tertiary/aromatic N) is 1. The van der Waals surface area contributed by atoms with Crippen LogP contribution in [0.15, 0.2) is 45.3 Å². The van der Waals surface area contributed by atoms with Gasteiger partial charge in [0.25, 0.3) is 16.8 Å². The van der Waals surface area contributed by atoms with Crippen molar-refractivity contribution >= 4 is 39.3 Å². The quantitative estimate of drug-likeness (QED) is 0.606. The lowest BCUT2D eigenvalue weighted by atomic mass is 10.1. The van der Waals surface area contributed by atoms with Gasteiger partial charge in [-0.3, -0.25) is 14.4 Å². The number of thiophene rings is 1. The van der Waals surface area contributed by atoms with E-state index in [1.807, 2.05) is 6.07 Å². The third-order valence-electron chi connectivity index (χ3n) is 3.59. The fourth-order valence-corrected chi connectivity index (χ4v) is 3.07.